The largest absolute Gasteiger partial charge is 0.453 e. The van der Waals surface area contributed by atoms with Crippen molar-refractivity contribution in [2.45, 2.75) is 19.0 Å². The van der Waals surface area contributed by atoms with Crippen molar-refractivity contribution in [1.29, 1.82) is 5.26 Å². The molecule has 1 aromatic rings. The maximum Gasteiger partial charge on any atom is 0.407 e. The van der Waals surface area contributed by atoms with Gasteiger partial charge in [0.05, 0.1) is 18.7 Å². The summed E-state index contributed by atoms with van der Waals surface area (Å²) in [6.07, 6.45) is 0.497. The molecule has 1 aliphatic rings. The predicted molar refractivity (Wildman–Crippen MR) is 75.4 cm³/mol. The Bertz CT molecular complexity index is 542. The lowest BCUT2D eigenvalue weighted by atomic mass is 10.1. The fraction of sp³-hybridized carbons (Fsp3) is 0.429. The van der Waals surface area contributed by atoms with E-state index in [1.54, 1.807) is 12.1 Å². The van der Waals surface area contributed by atoms with Gasteiger partial charge in [-0.25, -0.2) is 4.79 Å². The Hall–Kier alpha value is -1.77. The molecule has 1 saturated heterocycles. The summed E-state index contributed by atoms with van der Waals surface area (Å²) in [6.45, 7) is 2.38. The molecule has 2 rings (SSSR count). The van der Waals surface area contributed by atoms with Crippen molar-refractivity contribution in [2.75, 3.05) is 20.2 Å². The van der Waals surface area contributed by atoms with E-state index in [9.17, 15) is 4.79 Å². The van der Waals surface area contributed by atoms with Gasteiger partial charge >= 0.3 is 6.09 Å². The van der Waals surface area contributed by atoms with E-state index in [0.717, 1.165) is 25.1 Å². The highest BCUT2D eigenvalue weighted by atomic mass is 35.5. The lowest BCUT2D eigenvalue weighted by Crippen LogP contribution is -2.36. The molecule has 1 heterocycles. The van der Waals surface area contributed by atoms with Crippen LogP contribution < -0.4 is 5.32 Å². The van der Waals surface area contributed by atoms with Crippen molar-refractivity contribution in [3.8, 4) is 6.07 Å². The fourth-order valence-corrected chi connectivity index (χ4v) is 2.55. The van der Waals surface area contributed by atoms with Crippen molar-refractivity contribution >= 4 is 17.7 Å². The van der Waals surface area contributed by atoms with Crippen LogP contribution in [0.3, 0.4) is 0 Å². The number of halogens is 1. The molecule has 1 amide bonds. The summed E-state index contributed by atoms with van der Waals surface area (Å²) < 4.78 is 4.59. The molecule has 0 spiro atoms. The van der Waals surface area contributed by atoms with Gasteiger partial charge in [-0.3, -0.25) is 4.90 Å². The second-order valence-electron chi connectivity index (χ2n) is 4.77. The van der Waals surface area contributed by atoms with Gasteiger partial charge in [0.25, 0.3) is 0 Å². The Morgan fingerprint density at radius 1 is 1.65 bits per heavy atom. The average molecular weight is 294 g/mol. The summed E-state index contributed by atoms with van der Waals surface area (Å²) >= 11 is 6.16. The molecule has 5 nitrogen and oxygen atoms in total. The molecule has 0 aromatic heterocycles. The van der Waals surface area contributed by atoms with Crippen LogP contribution in [0.25, 0.3) is 0 Å². The molecule has 106 valence electrons. The number of hydrogen-bond acceptors (Lipinski definition) is 4. The van der Waals surface area contributed by atoms with E-state index in [4.69, 9.17) is 16.9 Å². The lowest BCUT2D eigenvalue weighted by molar-refractivity contribution is 0.166. The van der Waals surface area contributed by atoms with Crippen molar-refractivity contribution in [3.63, 3.8) is 0 Å². The zero-order valence-electron chi connectivity index (χ0n) is 11.2. The van der Waals surface area contributed by atoms with Gasteiger partial charge in [-0.1, -0.05) is 17.7 Å². The molecular formula is C14H16ClN3O2. The molecule has 1 aliphatic heterocycles. The number of alkyl carbamates (subject to hydrolysis) is 1. The summed E-state index contributed by atoms with van der Waals surface area (Å²) in [4.78, 5) is 13.4. The molecule has 0 bridgehead atoms. The van der Waals surface area contributed by atoms with Crippen molar-refractivity contribution in [1.82, 2.24) is 10.2 Å². The SMILES string of the molecule is COC(=O)NC1CCN(Cc2ccc(C#N)cc2Cl)C1. The minimum atomic E-state index is -0.395. The van der Waals surface area contributed by atoms with Gasteiger partial charge < -0.3 is 10.1 Å². The summed E-state index contributed by atoms with van der Waals surface area (Å²) in [7, 11) is 1.36. The zero-order valence-corrected chi connectivity index (χ0v) is 12.0. The van der Waals surface area contributed by atoms with Gasteiger partial charge in [0.2, 0.25) is 0 Å². The summed E-state index contributed by atoms with van der Waals surface area (Å²) in [5.74, 6) is 0. The average Bonchev–Trinajstić information content (AvgIpc) is 2.88. The first-order chi connectivity index (χ1) is 9.62. The third-order valence-corrected chi connectivity index (χ3v) is 3.71. The molecule has 20 heavy (non-hydrogen) atoms. The first-order valence-corrected chi connectivity index (χ1v) is 6.75. The van der Waals surface area contributed by atoms with E-state index >= 15 is 0 Å². The highest BCUT2D eigenvalue weighted by Gasteiger charge is 2.24. The number of nitrogens with zero attached hydrogens (tertiary/aromatic N) is 2. The van der Waals surface area contributed by atoms with E-state index in [1.165, 1.54) is 7.11 Å². The van der Waals surface area contributed by atoms with E-state index in [-0.39, 0.29) is 6.04 Å². The summed E-state index contributed by atoms with van der Waals surface area (Å²) in [6, 6.07) is 7.50. The van der Waals surface area contributed by atoms with Gasteiger partial charge in [0.15, 0.2) is 0 Å². The van der Waals surface area contributed by atoms with Crippen molar-refractivity contribution in [3.05, 3.63) is 34.3 Å². The van der Waals surface area contributed by atoms with Crippen LogP contribution in [0.15, 0.2) is 18.2 Å². The van der Waals surface area contributed by atoms with Gasteiger partial charge in [-0.05, 0) is 24.1 Å². The van der Waals surface area contributed by atoms with Crippen LogP contribution in [0.5, 0.6) is 0 Å². The number of ether oxygens (including phenoxy) is 1. The quantitative estimate of drug-likeness (QED) is 0.927. The Kier molecular flexibility index (Phi) is 4.83. The van der Waals surface area contributed by atoms with E-state index in [0.29, 0.717) is 17.1 Å². The van der Waals surface area contributed by atoms with Crippen LogP contribution in [0.4, 0.5) is 4.79 Å². The molecule has 1 aromatic carbocycles. The minimum Gasteiger partial charge on any atom is -0.453 e. The molecule has 1 fully saturated rings. The number of hydrogen-bond donors (Lipinski definition) is 1. The van der Waals surface area contributed by atoms with Gasteiger partial charge in [-0.2, -0.15) is 5.26 Å². The van der Waals surface area contributed by atoms with E-state index in [2.05, 4.69) is 21.0 Å². The van der Waals surface area contributed by atoms with Crippen LogP contribution in [0.1, 0.15) is 17.5 Å². The van der Waals surface area contributed by atoms with Crippen LogP contribution in [-0.4, -0.2) is 37.2 Å². The first-order valence-electron chi connectivity index (χ1n) is 6.37. The monoisotopic (exact) mass is 293 g/mol. The van der Waals surface area contributed by atoms with Crippen LogP contribution in [-0.2, 0) is 11.3 Å². The van der Waals surface area contributed by atoms with Gasteiger partial charge in [0, 0.05) is 30.7 Å². The maximum atomic E-state index is 11.2. The second-order valence-corrected chi connectivity index (χ2v) is 5.18. The number of nitrogens with one attached hydrogen (secondary N) is 1. The number of carbonyl (C=O) groups is 1. The topological polar surface area (TPSA) is 65.4 Å². The summed E-state index contributed by atoms with van der Waals surface area (Å²) in [5, 5.41) is 12.2. The van der Waals surface area contributed by atoms with Crippen LogP contribution >= 0.6 is 11.6 Å². The molecule has 0 saturated carbocycles. The highest BCUT2D eigenvalue weighted by Crippen LogP contribution is 2.21. The second kappa shape index (κ2) is 6.60. The third-order valence-electron chi connectivity index (χ3n) is 3.36. The zero-order chi connectivity index (χ0) is 14.5. The minimum absolute atomic E-state index is 0.111. The van der Waals surface area contributed by atoms with Gasteiger partial charge in [-0.15, -0.1) is 0 Å². The smallest absolute Gasteiger partial charge is 0.407 e. The Labute approximate surface area is 123 Å². The normalized spacial score (nSPS) is 18.6. The lowest BCUT2D eigenvalue weighted by Gasteiger charge is -2.17. The maximum absolute atomic E-state index is 11.2. The first kappa shape index (κ1) is 14.6. The number of rotatable bonds is 3. The number of likely N-dealkylation sites (tertiary alicyclic amines) is 1. The van der Waals surface area contributed by atoms with E-state index in [1.807, 2.05) is 6.07 Å². The van der Waals surface area contributed by atoms with Gasteiger partial charge in [0.1, 0.15) is 0 Å². The highest BCUT2D eigenvalue weighted by molar-refractivity contribution is 6.31. The van der Waals surface area contributed by atoms with Crippen molar-refractivity contribution < 1.29 is 9.53 Å². The predicted octanol–water partition coefficient (Wildman–Crippen LogP) is 2.14. The number of amides is 1. The molecule has 6 heteroatoms. The Morgan fingerprint density at radius 2 is 2.45 bits per heavy atom. The molecule has 0 aliphatic carbocycles. The van der Waals surface area contributed by atoms with E-state index < -0.39 is 6.09 Å². The molecule has 0 radical (unpaired) electrons. The Morgan fingerprint density at radius 3 is 3.10 bits per heavy atom. The van der Waals surface area contributed by atoms with Crippen molar-refractivity contribution in [2.24, 2.45) is 0 Å². The number of nitriles is 1. The number of methoxy groups -OCH3 is 1. The Balaban J connectivity index is 1.92. The number of benzene rings is 1. The van der Waals surface area contributed by atoms with Crippen LogP contribution in [0, 0.1) is 11.3 Å². The number of carbonyl (C=O) groups excluding carboxylic acids is 1. The molecule has 1 atom stereocenters. The fourth-order valence-electron chi connectivity index (χ4n) is 2.31. The molecule has 1 N–H and O–H groups in total. The molecular weight excluding hydrogens is 278 g/mol. The standard InChI is InChI=1S/C14H16ClN3O2/c1-20-14(19)17-12-4-5-18(9-12)8-11-3-2-10(7-16)6-13(11)15/h2-3,6,12H,4-5,8-9H2,1H3,(H,17,19). The summed E-state index contributed by atoms with van der Waals surface area (Å²) in [5.41, 5.74) is 1.55. The molecule has 1 unspecified atom stereocenters. The third kappa shape index (κ3) is 3.62. The van der Waals surface area contributed by atoms with Crippen LogP contribution in [0.2, 0.25) is 5.02 Å².